The third-order valence-corrected chi connectivity index (χ3v) is 13.8. The summed E-state index contributed by atoms with van der Waals surface area (Å²) < 4.78 is 0. The molecule has 57 heavy (non-hydrogen) atoms. The Bertz CT molecular complexity index is 3140. The minimum atomic E-state index is -0.495. The van der Waals surface area contributed by atoms with Gasteiger partial charge in [-0.2, -0.15) is 0 Å². The van der Waals surface area contributed by atoms with Gasteiger partial charge < -0.3 is 4.90 Å². The number of fused-ring (bicyclic) bond motifs is 16. The van der Waals surface area contributed by atoms with Crippen molar-refractivity contribution in [2.75, 3.05) is 4.90 Å². The zero-order chi connectivity index (χ0) is 37.6. The molecule has 0 amide bonds. The fourth-order valence-corrected chi connectivity index (χ4v) is 11.5. The molecule has 0 heterocycles. The highest BCUT2D eigenvalue weighted by atomic mass is 15.1. The van der Waals surface area contributed by atoms with E-state index in [0.29, 0.717) is 0 Å². The van der Waals surface area contributed by atoms with Crippen molar-refractivity contribution >= 4 is 27.8 Å². The molecule has 9 aromatic carbocycles. The predicted molar refractivity (Wildman–Crippen MR) is 237 cm³/mol. The minimum absolute atomic E-state index is 0.142. The van der Waals surface area contributed by atoms with Crippen molar-refractivity contribution in [1.29, 1.82) is 0 Å². The summed E-state index contributed by atoms with van der Waals surface area (Å²) in [5.41, 5.74) is 24.3. The number of nitrogens with zero attached hydrogens (tertiary/aromatic N) is 1. The van der Waals surface area contributed by atoms with Crippen LogP contribution in [0.4, 0.5) is 17.1 Å². The molecular weight excluding hydrogens is 687 g/mol. The van der Waals surface area contributed by atoms with E-state index in [-0.39, 0.29) is 5.41 Å². The molecule has 0 aliphatic heterocycles. The van der Waals surface area contributed by atoms with Gasteiger partial charge in [0.15, 0.2) is 0 Å². The molecule has 0 aromatic heterocycles. The van der Waals surface area contributed by atoms with E-state index >= 15 is 0 Å². The van der Waals surface area contributed by atoms with Crippen LogP contribution in [0.3, 0.4) is 0 Å². The molecule has 0 bridgehead atoms. The van der Waals surface area contributed by atoms with Crippen LogP contribution in [0.5, 0.6) is 0 Å². The van der Waals surface area contributed by atoms with Crippen molar-refractivity contribution in [2.24, 2.45) is 0 Å². The van der Waals surface area contributed by atoms with Crippen LogP contribution in [0.2, 0.25) is 0 Å². The first-order valence-corrected chi connectivity index (χ1v) is 20.2. The highest BCUT2D eigenvalue weighted by Gasteiger charge is 2.53. The van der Waals surface area contributed by atoms with E-state index in [1.807, 2.05) is 0 Å². The number of benzene rings is 9. The van der Waals surface area contributed by atoms with Gasteiger partial charge >= 0.3 is 0 Å². The van der Waals surface area contributed by atoms with Crippen molar-refractivity contribution < 1.29 is 0 Å². The Morgan fingerprint density at radius 2 is 0.789 bits per heavy atom. The smallest absolute Gasteiger partial charge is 0.0746 e. The molecule has 0 unspecified atom stereocenters. The minimum Gasteiger partial charge on any atom is -0.310 e. The van der Waals surface area contributed by atoms with Crippen LogP contribution in [-0.4, -0.2) is 0 Å². The van der Waals surface area contributed by atoms with Crippen LogP contribution in [0.25, 0.3) is 66.4 Å². The van der Waals surface area contributed by atoms with Gasteiger partial charge in [0.25, 0.3) is 0 Å². The van der Waals surface area contributed by atoms with Gasteiger partial charge in [-0.25, -0.2) is 0 Å². The molecule has 0 radical (unpaired) electrons. The second-order valence-corrected chi connectivity index (χ2v) is 16.7. The van der Waals surface area contributed by atoms with Crippen molar-refractivity contribution in [3.63, 3.8) is 0 Å². The van der Waals surface area contributed by atoms with Crippen LogP contribution in [0, 0.1) is 0 Å². The largest absolute Gasteiger partial charge is 0.310 e. The fourth-order valence-electron chi connectivity index (χ4n) is 11.5. The zero-order valence-electron chi connectivity index (χ0n) is 31.8. The molecule has 1 spiro atoms. The van der Waals surface area contributed by atoms with E-state index in [1.54, 1.807) is 0 Å². The summed E-state index contributed by atoms with van der Waals surface area (Å²) in [4.78, 5) is 2.61. The number of rotatable bonds is 3. The van der Waals surface area contributed by atoms with Gasteiger partial charge in [-0.15, -0.1) is 0 Å². The van der Waals surface area contributed by atoms with Crippen LogP contribution >= 0.6 is 0 Å². The summed E-state index contributed by atoms with van der Waals surface area (Å²) in [6, 6.07) is 71.3. The van der Waals surface area contributed by atoms with Crippen molar-refractivity contribution in [3.8, 4) is 55.6 Å². The maximum absolute atomic E-state index is 2.61. The van der Waals surface area contributed by atoms with Gasteiger partial charge in [-0.05, 0) is 113 Å². The lowest BCUT2D eigenvalue weighted by Gasteiger charge is -2.36. The second-order valence-electron chi connectivity index (χ2n) is 16.7. The SMILES string of the molecule is CC1(C)c2ccccc2-c2ccc(N(c3cccc4c3C3(c5ccccc5-c5ccccc53)c3ccccc3-4)c3ccc4c5c(cccc35)-c3ccccc3-4)cc21. The molecule has 0 saturated heterocycles. The molecule has 4 aliphatic rings. The van der Waals surface area contributed by atoms with Crippen LogP contribution in [0.1, 0.15) is 47.2 Å². The zero-order valence-corrected chi connectivity index (χ0v) is 31.8. The lowest BCUT2D eigenvalue weighted by molar-refractivity contribution is 0.660. The number of anilines is 3. The van der Waals surface area contributed by atoms with Crippen LogP contribution in [-0.2, 0) is 10.8 Å². The molecule has 9 aromatic rings. The maximum atomic E-state index is 2.61. The van der Waals surface area contributed by atoms with E-state index in [4.69, 9.17) is 0 Å². The summed E-state index contributed by atoms with van der Waals surface area (Å²) in [6.45, 7) is 4.78. The summed E-state index contributed by atoms with van der Waals surface area (Å²) in [5, 5.41) is 2.59. The summed E-state index contributed by atoms with van der Waals surface area (Å²) in [5.74, 6) is 0. The highest BCUT2D eigenvalue weighted by molar-refractivity contribution is 6.19. The van der Waals surface area contributed by atoms with Crippen molar-refractivity contribution in [3.05, 3.63) is 221 Å². The Kier molecular flexibility index (Phi) is 5.96. The van der Waals surface area contributed by atoms with Gasteiger partial charge in [-0.1, -0.05) is 178 Å². The third kappa shape index (κ3) is 3.75. The Balaban J connectivity index is 1.16. The second kappa shape index (κ2) is 10.9. The van der Waals surface area contributed by atoms with Crippen molar-refractivity contribution in [1.82, 2.24) is 0 Å². The molecular formula is C56H37N. The first kappa shape index (κ1) is 31.3. The maximum Gasteiger partial charge on any atom is 0.0746 e. The molecule has 1 heteroatoms. The summed E-state index contributed by atoms with van der Waals surface area (Å²) >= 11 is 0. The molecule has 0 saturated carbocycles. The lowest BCUT2D eigenvalue weighted by Crippen LogP contribution is -2.28. The molecule has 266 valence electrons. The third-order valence-electron chi connectivity index (χ3n) is 13.8. The average Bonchev–Trinajstić information content (AvgIpc) is 3.93. The van der Waals surface area contributed by atoms with Gasteiger partial charge in [0, 0.05) is 22.1 Å². The Labute approximate surface area is 333 Å². The van der Waals surface area contributed by atoms with E-state index in [9.17, 15) is 0 Å². The number of hydrogen-bond acceptors (Lipinski definition) is 1. The first-order chi connectivity index (χ1) is 28.1. The Hall–Kier alpha value is -6.96. The van der Waals surface area contributed by atoms with E-state index in [2.05, 4.69) is 207 Å². The van der Waals surface area contributed by atoms with E-state index < -0.39 is 5.41 Å². The van der Waals surface area contributed by atoms with Gasteiger partial charge in [0.2, 0.25) is 0 Å². The topological polar surface area (TPSA) is 3.24 Å². The van der Waals surface area contributed by atoms with E-state index in [1.165, 1.54) is 117 Å². The van der Waals surface area contributed by atoms with Gasteiger partial charge in [0.05, 0.1) is 16.8 Å². The Morgan fingerprint density at radius 3 is 1.44 bits per heavy atom. The summed E-state index contributed by atoms with van der Waals surface area (Å²) in [7, 11) is 0. The molecule has 0 fully saturated rings. The number of hydrogen-bond donors (Lipinski definition) is 0. The van der Waals surface area contributed by atoms with Gasteiger partial charge in [0.1, 0.15) is 0 Å². The lowest BCUT2D eigenvalue weighted by atomic mass is 9.70. The molecule has 0 atom stereocenters. The fraction of sp³-hybridized carbons (Fsp3) is 0.0714. The monoisotopic (exact) mass is 723 g/mol. The summed E-state index contributed by atoms with van der Waals surface area (Å²) in [6.07, 6.45) is 0. The van der Waals surface area contributed by atoms with E-state index in [0.717, 1.165) is 0 Å². The van der Waals surface area contributed by atoms with Crippen molar-refractivity contribution in [2.45, 2.75) is 24.7 Å². The molecule has 13 rings (SSSR count). The van der Waals surface area contributed by atoms with Gasteiger partial charge in [-0.3, -0.25) is 0 Å². The molecule has 1 nitrogen and oxygen atoms in total. The highest BCUT2D eigenvalue weighted by Crippen LogP contribution is 2.66. The normalized spacial score (nSPS) is 14.8. The first-order valence-electron chi connectivity index (χ1n) is 20.2. The standard InChI is InChI=1S/C56H37N/c1-55(2)46-24-9-5-17-37(46)41-30-29-34(33-50(41)55)57(51-32-31-43-36-16-4-3-15-35(36)42-21-13-23-45(51)53(42)43)52-28-14-22-44-40-20-8-12-27-49(40)56(54(44)52)47-25-10-6-18-38(47)39-19-7-11-26-48(39)56/h3-33H,1-2H3. The molecule has 4 aliphatic carbocycles. The molecule has 0 N–H and O–H groups in total. The average molecular weight is 724 g/mol. The Morgan fingerprint density at radius 1 is 0.333 bits per heavy atom. The van der Waals surface area contributed by atoms with Crippen LogP contribution in [0.15, 0.2) is 188 Å². The predicted octanol–water partition coefficient (Wildman–Crippen LogP) is 14.6. The quantitative estimate of drug-likeness (QED) is 0.175. The van der Waals surface area contributed by atoms with Crippen LogP contribution < -0.4 is 4.90 Å².